The number of alkyl halides is 3. The van der Waals surface area contributed by atoms with Crippen LogP contribution in [0, 0.1) is 5.92 Å². The summed E-state index contributed by atoms with van der Waals surface area (Å²) in [4.78, 5) is 26.6. The van der Waals surface area contributed by atoms with Gasteiger partial charge in [-0.1, -0.05) is 37.3 Å². The van der Waals surface area contributed by atoms with Gasteiger partial charge in [0, 0.05) is 26.1 Å². The Labute approximate surface area is 209 Å². The summed E-state index contributed by atoms with van der Waals surface area (Å²) in [7, 11) is 1.32. The van der Waals surface area contributed by atoms with E-state index in [0.717, 1.165) is 11.6 Å². The highest BCUT2D eigenvalue weighted by Gasteiger charge is 2.33. The summed E-state index contributed by atoms with van der Waals surface area (Å²) >= 11 is 0. The van der Waals surface area contributed by atoms with Crippen molar-refractivity contribution < 1.29 is 27.5 Å². The van der Waals surface area contributed by atoms with Crippen LogP contribution in [0.5, 0.6) is 0 Å². The Morgan fingerprint density at radius 1 is 1.19 bits per heavy atom. The van der Waals surface area contributed by atoms with Gasteiger partial charge in [-0.3, -0.25) is 15.1 Å². The molecule has 0 radical (unpaired) electrons. The molecule has 1 fully saturated rings. The van der Waals surface area contributed by atoms with Crippen LogP contribution in [0.3, 0.4) is 0 Å². The molecule has 10 heteroatoms. The van der Waals surface area contributed by atoms with Crippen molar-refractivity contribution in [2.45, 2.75) is 51.6 Å². The van der Waals surface area contributed by atoms with Crippen molar-refractivity contribution in [3.8, 4) is 0 Å². The number of carbonyl (C=O) groups excluding carboxylic acids is 2. The molecule has 1 amide bonds. The summed E-state index contributed by atoms with van der Waals surface area (Å²) in [6.45, 7) is 5.47. The van der Waals surface area contributed by atoms with Gasteiger partial charge in [-0.15, -0.1) is 0 Å². The predicted octanol–water partition coefficient (Wildman–Crippen LogP) is 4.02. The number of carbonyl (C=O) groups is 2. The lowest BCUT2D eigenvalue weighted by Gasteiger charge is -2.41. The van der Waals surface area contributed by atoms with Gasteiger partial charge >= 0.3 is 12.1 Å². The molecule has 36 heavy (non-hydrogen) atoms. The highest BCUT2D eigenvalue weighted by molar-refractivity contribution is 5.89. The van der Waals surface area contributed by atoms with Gasteiger partial charge in [0.2, 0.25) is 5.91 Å². The quantitative estimate of drug-likeness (QED) is 0.446. The van der Waals surface area contributed by atoms with Crippen molar-refractivity contribution in [2.24, 2.45) is 5.92 Å². The second-order valence-corrected chi connectivity index (χ2v) is 8.96. The van der Waals surface area contributed by atoms with Crippen LogP contribution in [0.2, 0.25) is 0 Å². The maximum absolute atomic E-state index is 13.1. The fraction of sp³-hybridized carbons (Fsp3) is 0.462. The van der Waals surface area contributed by atoms with Crippen LogP contribution in [0.4, 0.5) is 13.2 Å². The van der Waals surface area contributed by atoms with Crippen LogP contribution < -0.4 is 16.2 Å². The van der Waals surface area contributed by atoms with Gasteiger partial charge in [0.15, 0.2) is 0 Å². The number of hydrazine groups is 1. The van der Waals surface area contributed by atoms with Crippen molar-refractivity contribution in [2.75, 3.05) is 20.2 Å². The van der Waals surface area contributed by atoms with Crippen molar-refractivity contribution in [1.82, 2.24) is 21.1 Å². The van der Waals surface area contributed by atoms with Crippen molar-refractivity contribution >= 4 is 11.9 Å². The van der Waals surface area contributed by atoms with Gasteiger partial charge < -0.3 is 10.1 Å². The molecule has 3 rings (SSSR count). The number of ether oxygens (including phenoxy) is 1. The van der Waals surface area contributed by atoms with Crippen LogP contribution in [-0.2, 0) is 22.3 Å². The number of nitrogens with zero attached hydrogens (tertiary/aromatic N) is 1. The maximum atomic E-state index is 13.1. The third-order valence-electron chi connectivity index (χ3n) is 6.44. The molecular weight excluding hydrogens is 473 g/mol. The minimum atomic E-state index is -4.39. The van der Waals surface area contributed by atoms with E-state index in [4.69, 9.17) is 4.74 Å². The van der Waals surface area contributed by atoms with Crippen molar-refractivity contribution in [3.63, 3.8) is 0 Å². The SMILES string of the molecule is CCC(CC(=O)NC(C)c1ccc(C(=O)OC)cc1)[C@H]1NNCCN1Cc1cccc(C(F)(F)F)c1. The van der Waals surface area contributed by atoms with E-state index in [-0.39, 0.29) is 30.5 Å². The van der Waals surface area contributed by atoms with E-state index in [9.17, 15) is 22.8 Å². The van der Waals surface area contributed by atoms with E-state index < -0.39 is 17.7 Å². The topological polar surface area (TPSA) is 82.7 Å². The van der Waals surface area contributed by atoms with E-state index in [1.54, 1.807) is 30.3 Å². The Morgan fingerprint density at radius 2 is 1.92 bits per heavy atom. The number of amides is 1. The Bertz CT molecular complexity index is 1030. The number of nitrogens with one attached hydrogen (secondary N) is 3. The predicted molar refractivity (Wildman–Crippen MR) is 130 cm³/mol. The molecule has 3 N–H and O–H groups in total. The lowest BCUT2D eigenvalue weighted by atomic mass is 9.95. The molecular formula is C26H33F3N4O3. The summed E-state index contributed by atoms with van der Waals surface area (Å²) in [5.74, 6) is -0.623. The second-order valence-electron chi connectivity index (χ2n) is 8.96. The lowest BCUT2D eigenvalue weighted by Crippen LogP contribution is -2.61. The van der Waals surface area contributed by atoms with Crippen molar-refractivity contribution in [1.29, 1.82) is 0 Å². The van der Waals surface area contributed by atoms with Gasteiger partial charge in [-0.25, -0.2) is 10.2 Å². The highest BCUT2D eigenvalue weighted by Crippen LogP contribution is 2.30. The number of benzene rings is 2. The molecule has 0 aromatic heterocycles. The number of halogens is 3. The van der Waals surface area contributed by atoms with E-state index >= 15 is 0 Å². The van der Waals surface area contributed by atoms with E-state index in [0.29, 0.717) is 37.2 Å². The van der Waals surface area contributed by atoms with Crippen LogP contribution in [0.1, 0.15) is 59.8 Å². The van der Waals surface area contributed by atoms with E-state index in [1.807, 2.05) is 13.8 Å². The molecule has 0 spiro atoms. The zero-order valence-corrected chi connectivity index (χ0v) is 20.7. The maximum Gasteiger partial charge on any atom is 0.416 e. The summed E-state index contributed by atoms with van der Waals surface area (Å²) in [5.41, 5.74) is 7.54. The largest absolute Gasteiger partial charge is 0.465 e. The molecule has 1 aliphatic rings. The molecule has 196 valence electrons. The standard InChI is InChI=1S/C26H33F3N4O3/c1-4-19(15-23(34)31-17(2)20-8-10-21(11-9-20)25(35)36-3)24-32-30-12-13-33(24)16-18-6-5-7-22(14-18)26(27,28)29/h5-11,14,17,19,24,30,32H,4,12-13,15-16H2,1-3H3,(H,31,34)/t17?,19?,24-/m0/s1. The van der Waals surface area contributed by atoms with Gasteiger partial charge in [-0.05, 0) is 48.6 Å². The minimum Gasteiger partial charge on any atom is -0.465 e. The third kappa shape index (κ3) is 7.28. The Morgan fingerprint density at radius 3 is 2.56 bits per heavy atom. The van der Waals surface area contributed by atoms with Gasteiger partial charge in [-0.2, -0.15) is 13.2 Å². The summed E-state index contributed by atoms with van der Waals surface area (Å²) < 4.78 is 44.1. The number of hydrogen-bond acceptors (Lipinski definition) is 6. The fourth-order valence-corrected chi connectivity index (χ4v) is 4.41. The normalized spacial score (nSPS) is 18.3. The third-order valence-corrected chi connectivity index (χ3v) is 6.44. The molecule has 1 aliphatic heterocycles. The molecule has 3 atom stereocenters. The van der Waals surface area contributed by atoms with Gasteiger partial charge in [0.05, 0.1) is 30.4 Å². The zero-order chi connectivity index (χ0) is 26.3. The monoisotopic (exact) mass is 506 g/mol. The van der Waals surface area contributed by atoms with Crippen LogP contribution >= 0.6 is 0 Å². The first-order chi connectivity index (χ1) is 17.1. The molecule has 2 aromatic rings. The number of methoxy groups -OCH3 is 1. The molecule has 1 heterocycles. The number of esters is 1. The van der Waals surface area contributed by atoms with Crippen LogP contribution in [-0.4, -0.2) is 43.1 Å². The van der Waals surface area contributed by atoms with Crippen LogP contribution in [0.15, 0.2) is 48.5 Å². The first-order valence-electron chi connectivity index (χ1n) is 12.0. The smallest absolute Gasteiger partial charge is 0.416 e. The summed E-state index contributed by atoms with van der Waals surface area (Å²) in [6.07, 6.45) is -3.66. The molecule has 0 aliphatic carbocycles. The summed E-state index contributed by atoms with van der Waals surface area (Å²) in [6, 6.07) is 12.0. The first-order valence-corrected chi connectivity index (χ1v) is 12.0. The first kappa shape index (κ1) is 27.6. The van der Waals surface area contributed by atoms with Gasteiger partial charge in [0.1, 0.15) is 0 Å². The number of hydrogen-bond donors (Lipinski definition) is 3. The average Bonchev–Trinajstić information content (AvgIpc) is 2.87. The average molecular weight is 507 g/mol. The Kier molecular flexibility index (Phi) is 9.47. The summed E-state index contributed by atoms with van der Waals surface area (Å²) in [5, 5.41) is 3.00. The molecule has 0 bridgehead atoms. The molecule has 1 saturated heterocycles. The molecule has 2 unspecified atom stereocenters. The highest BCUT2D eigenvalue weighted by atomic mass is 19.4. The lowest BCUT2D eigenvalue weighted by molar-refractivity contribution is -0.137. The van der Waals surface area contributed by atoms with E-state index in [1.165, 1.54) is 19.2 Å². The van der Waals surface area contributed by atoms with Crippen molar-refractivity contribution in [3.05, 3.63) is 70.8 Å². The second kappa shape index (κ2) is 12.3. The molecule has 7 nitrogen and oxygen atoms in total. The minimum absolute atomic E-state index is 0.0718. The van der Waals surface area contributed by atoms with Crippen LogP contribution in [0.25, 0.3) is 0 Å². The zero-order valence-electron chi connectivity index (χ0n) is 20.7. The fourth-order valence-electron chi connectivity index (χ4n) is 4.41. The molecule has 0 saturated carbocycles. The van der Waals surface area contributed by atoms with Gasteiger partial charge in [0.25, 0.3) is 0 Å². The molecule has 2 aromatic carbocycles. The number of rotatable bonds is 9. The Hall–Kier alpha value is -2.95. The Balaban J connectivity index is 1.63. The van der Waals surface area contributed by atoms with E-state index in [2.05, 4.69) is 21.1 Å².